The number of imide groups is 1. The van der Waals surface area contributed by atoms with Crippen LogP contribution in [0.25, 0.3) is 0 Å². The molecule has 0 spiro atoms. The van der Waals surface area contributed by atoms with Crippen molar-refractivity contribution in [2.75, 3.05) is 6.61 Å². The quantitative estimate of drug-likeness (QED) is 0.395. The Morgan fingerprint density at radius 3 is 2.61 bits per heavy atom. The number of aliphatic hydroxyl groups is 2. The van der Waals surface area contributed by atoms with Gasteiger partial charge in [0.1, 0.15) is 5.78 Å². The van der Waals surface area contributed by atoms with Gasteiger partial charge in [0.25, 0.3) is 0 Å². The summed E-state index contributed by atoms with van der Waals surface area (Å²) in [6, 6.07) is 0. The Morgan fingerprint density at radius 1 is 1.21 bits per heavy atom. The number of aliphatic hydroxyl groups excluding tert-OH is 2. The normalized spacial score (nSPS) is 30.6. The van der Waals surface area contributed by atoms with E-state index in [2.05, 4.69) is 5.32 Å². The molecule has 0 aromatic heterocycles. The number of ketones is 1. The van der Waals surface area contributed by atoms with Crippen molar-refractivity contribution in [2.45, 2.75) is 96.9 Å². The van der Waals surface area contributed by atoms with Crippen molar-refractivity contribution in [3.63, 3.8) is 0 Å². The number of carbonyl (C=O) groups excluding carboxylic acids is 3. The number of piperidine rings is 1. The summed E-state index contributed by atoms with van der Waals surface area (Å²) in [4.78, 5) is 35.7. The number of hydrogen-bond acceptors (Lipinski definition) is 6. The Hall–Kier alpha value is -1.83. The Kier molecular flexibility index (Phi) is 11.4. The van der Waals surface area contributed by atoms with Crippen molar-refractivity contribution in [3.8, 4) is 0 Å². The highest BCUT2D eigenvalue weighted by Crippen LogP contribution is 2.26. The zero-order valence-corrected chi connectivity index (χ0v) is 20.3. The summed E-state index contributed by atoms with van der Waals surface area (Å²) in [6.07, 6.45) is 9.46. The van der Waals surface area contributed by atoms with Gasteiger partial charge in [0.2, 0.25) is 11.8 Å². The van der Waals surface area contributed by atoms with Crippen LogP contribution in [0, 0.1) is 17.8 Å². The molecule has 2 amide bonds. The molecule has 0 radical (unpaired) electrons. The van der Waals surface area contributed by atoms with Crippen LogP contribution < -0.4 is 5.32 Å². The van der Waals surface area contributed by atoms with E-state index in [1.807, 2.05) is 32.9 Å². The average Bonchev–Trinajstić information content (AvgIpc) is 2.75. The monoisotopic (exact) mass is 463 g/mol. The molecular weight excluding hydrogens is 422 g/mol. The molecule has 1 saturated heterocycles. The van der Waals surface area contributed by atoms with E-state index in [4.69, 9.17) is 4.74 Å². The Bertz CT molecular complexity index is 714. The van der Waals surface area contributed by atoms with E-state index in [-0.39, 0.29) is 41.5 Å². The number of carbonyl (C=O) groups is 3. The minimum atomic E-state index is -0.963. The third kappa shape index (κ3) is 9.14. The summed E-state index contributed by atoms with van der Waals surface area (Å²) in [6.45, 7) is 6.21. The van der Waals surface area contributed by atoms with Gasteiger partial charge in [0, 0.05) is 37.7 Å². The highest BCUT2D eigenvalue weighted by molar-refractivity contribution is 5.97. The summed E-state index contributed by atoms with van der Waals surface area (Å²) in [5.41, 5.74) is 0.880. The molecule has 0 unspecified atom stereocenters. The number of nitrogens with one attached hydrogen (secondary N) is 1. The van der Waals surface area contributed by atoms with Crippen molar-refractivity contribution in [3.05, 3.63) is 23.8 Å². The molecule has 7 nitrogen and oxygen atoms in total. The number of Topliss-reactive ketones (excluding diaryl/α,β-unsaturated/α-hetero) is 1. The Morgan fingerprint density at radius 2 is 1.91 bits per heavy atom. The lowest BCUT2D eigenvalue weighted by Crippen LogP contribution is -2.39. The smallest absolute Gasteiger partial charge is 0.226 e. The van der Waals surface area contributed by atoms with Crippen molar-refractivity contribution in [1.29, 1.82) is 0 Å². The maximum absolute atomic E-state index is 12.7. The Labute approximate surface area is 197 Å². The van der Waals surface area contributed by atoms with Gasteiger partial charge in [-0.2, -0.15) is 0 Å². The van der Waals surface area contributed by atoms with Crippen LogP contribution in [0.5, 0.6) is 0 Å². The molecule has 2 heterocycles. The van der Waals surface area contributed by atoms with Crippen LogP contribution in [0.15, 0.2) is 23.8 Å². The first kappa shape index (κ1) is 27.4. The number of amides is 2. The lowest BCUT2D eigenvalue weighted by Gasteiger charge is -2.31. The summed E-state index contributed by atoms with van der Waals surface area (Å²) in [7, 11) is 0. The first-order chi connectivity index (χ1) is 15.7. The largest absolute Gasteiger partial charge is 0.390 e. The van der Waals surface area contributed by atoms with E-state index in [0.29, 0.717) is 38.7 Å². The Balaban J connectivity index is 1.95. The topological polar surface area (TPSA) is 113 Å². The van der Waals surface area contributed by atoms with Crippen LogP contribution in [0.1, 0.15) is 78.6 Å². The van der Waals surface area contributed by atoms with Gasteiger partial charge in [-0.3, -0.25) is 19.7 Å². The molecule has 0 saturated carbocycles. The summed E-state index contributed by atoms with van der Waals surface area (Å²) in [5, 5.41) is 23.3. The van der Waals surface area contributed by atoms with Gasteiger partial charge in [-0.1, -0.05) is 38.5 Å². The van der Waals surface area contributed by atoms with Crippen molar-refractivity contribution in [1.82, 2.24) is 5.32 Å². The van der Waals surface area contributed by atoms with Crippen molar-refractivity contribution in [2.24, 2.45) is 17.8 Å². The van der Waals surface area contributed by atoms with Crippen LogP contribution in [0.3, 0.4) is 0 Å². The first-order valence-electron chi connectivity index (χ1n) is 12.4. The van der Waals surface area contributed by atoms with Gasteiger partial charge >= 0.3 is 0 Å². The van der Waals surface area contributed by atoms with Crippen LogP contribution >= 0.6 is 0 Å². The van der Waals surface area contributed by atoms with Gasteiger partial charge < -0.3 is 14.9 Å². The van der Waals surface area contributed by atoms with E-state index >= 15 is 0 Å². The van der Waals surface area contributed by atoms with E-state index in [1.54, 1.807) is 6.08 Å². The SMILES string of the molecule is C/C(=C\[C@H](C)C(=O)CCCC1CC(=O)NC(=O)C1)[C@@H]1OCCCCC/C=C/[C@H](O)[C@@H](O)[C@@H]1C. The third-order valence-corrected chi connectivity index (χ3v) is 6.74. The number of ether oxygens (including phenoxy) is 1. The standard InChI is InChI=1S/C26H41NO6/c1-17(21(28)12-9-10-20-15-23(30)27-24(31)16-20)14-18(2)26-19(3)25(32)22(29)11-7-5-4-6-8-13-33-26/h7,11,14,17,19-20,22,25-26,29,32H,4-6,8-10,12-13,15-16H2,1-3H3,(H,27,30,31)/b11-7+,18-14+/t17-,19-,22-,25-,26-/m0/s1. The van der Waals surface area contributed by atoms with Crippen molar-refractivity contribution >= 4 is 17.6 Å². The van der Waals surface area contributed by atoms with E-state index in [1.165, 1.54) is 0 Å². The van der Waals surface area contributed by atoms with Crippen molar-refractivity contribution < 1.29 is 29.3 Å². The summed E-state index contributed by atoms with van der Waals surface area (Å²) >= 11 is 0. The second-order valence-electron chi connectivity index (χ2n) is 9.71. The second-order valence-corrected chi connectivity index (χ2v) is 9.71. The van der Waals surface area contributed by atoms with Gasteiger partial charge in [0.15, 0.2) is 0 Å². The fourth-order valence-corrected chi connectivity index (χ4v) is 4.72. The maximum Gasteiger partial charge on any atom is 0.226 e. The molecule has 186 valence electrons. The minimum Gasteiger partial charge on any atom is -0.390 e. The molecule has 5 atom stereocenters. The molecule has 7 heteroatoms. The predicted molar refractivity (Wildman–Crippen MR) is 126 cm³/mol. The number of allylic oxidation sites excluding steroid dienone is 2. The molecule has 2 aliphatic rings. The predicted octanol–water partition coefficient (Wildman–Crippen LogP) is 3.23. The summed E-state index contributed by atoms with van der Waals surface area (Å²) < 4.78 is 6.12. The van der Waals surface area contributed by atoms with Crippen LogP contribution in [0.4, 0.5) is 0 Å². The molecule has 2 aliphatic heterocycles. The fraction of sp³-hybridized carbons (Fsp3) is 0.731. The molecule has 0 aliphatic carbocycles. The van der Waals surface area contributed by atoms with E-state index in [0.717, 1.165) is 31.3 Å². The average molecular weight is 464 g/mol. The lowest BCUT2D eigenvalue weighted by atomic mass is 9.87. The first-order valence-corrected chi connectivity index (χ1v) is 12.4. The highest BCUT2D eigenvalue weighted by atomic mass is 16.5. The third-order valence-electron chi connectivity index (χ3n) is 6.74. The fourth-order valence-electron chi connectivity index (χ4n) is 4.72. The van der Waals surface area contributed by atoms with Gasteiger partial charge in [-0.25, -0.2) is 0 Å². The summed E-state index contributed by atoms with van der Waals surface area (Å²) in [5.74, 6) is -0.991. The maximum atomic E-state index is 12.7. The van der Waals surface area contributed by atoms with E-state index < -0.39 is 12.2 Å². The van der Waals surface area contributed by atoms with Crippen LogP contribution in [-0.2, 0) is 19.1 Å². The molecule has 3 N–H and O–H groups in total. The number of rotatable bonds is 7. The molecule has 0 aromatic rings. The lowest BCUT2D eigenvalue weighted by molar-refractivity contribution is -0.134. The molecule has 33 heavy (non-hydrogen) atoms. The minimum absolute atomic E-state index is 0.0130. The number of hydrogen-bond donors (Lipinski definition) is 3. The second kappa shape index (κ2) is 13.8. The highest BCUT2D eigenvalue weighted by Gasteiger charge is 2.31. The van der Waals surface area contributed by atoms with E-state index in [9.17, 15) is 24.6 Å². The van der Waals surface area contributed by atoms with Crippen LogP contribution in [0.2, 0.25) is 0 Å². The van der Waals surface area contributed by atoms with Gasteiger partial charge in [0.05, 0.1) is 18.3 Å². The zero-order chi connectivity index (χ0) is 24.4. The van der Waals surface area contributed by atoms with Gasteiger partial charge in [-0.15, -0.1) is 0 Å². The molecule has 2 rings (SSSR count). The molecule has 0 aromatic carbocycles. The molecule has 0 bridgehead atoms. The molecular formula is C26H41NO6. The molecule has 1 fully saturated rings. The van der Waals surface area contributed by atoms with Gasteiger partial charge in [-0.05, 0) is 50.5 Å². The van der Waals surface area contributed by atoms with Crippen LogP contribution in [-0.4, -0.2) is 52.7 Å². The zero-order valence-electron chi connectivity index (χ0n) is 20.3.